The van der Waals surface area contributed by atoms with Crippen molar-refractivity contribution in [3.8, 4) is 0 Å². The number of nitrogens with one attached hydrogen (secondary N) is 2. The summed E-state index contributed by atoms with van der Waals surface area (Å²) >= 11 is 0. The van der Waals surface area contributed by atoms with E-state index in [-0.39, 0.29) is 25.9 Å². The number of anilines is 1. The van der Waals surface area contributed by atoms with Crippen LogP contribution in [0.25, 0.3) is 17.0 Å². The predicted molar refractivity (Wildman–Crippen MR) is 161 cm³/mol. The first kappa shape index (κ1) is 31.4. The van der Waals surface area contributed by atoms with E-state index in [0.717, 1.165) is 10.9 Å². The van der Waals surface area contributed by atoms with Crippen LogP contribution < -0.4 is 15.8 Å². The Labute approximate surface area is 256 Å². The molecule has 3 amide bonds. The monoisotopic (exact) mass is 608 g/mol. The number of aromatic nitrogens is 1. The minimum Gasteiger partial charge on any atom is -0.451 e. The van der Waals surface area contributed by atoms with Crippen LogP contribution in [0.1, 0.15) is 39.2 Å². The van der Waals surface area contributed by atoms with Gasteiger partial charge in [0.15, 0.2) is 6.10 Å². The van der Waals surface area contributed by atoms with E-state index >= 15 is 0 Å². The molecule has 236 valence electrons. The lowest BCUT2D eigenvalue weighted by atomic mass is 9.88. The molecule has 1 aromatic heterocycles. The second kappa shape index (κ2) is 12.9. The maximum absolute atomic E-state index is 13.7. The van der Waals surface area contributed by atoms with Crippen molar-refractivity contribution in [1.29, 1.82) is 0 Å². The van der Waals surface area contributed by atoms with Gasteiger partial charge >= 0.3 is 5.97 Å². The van der Waals surface area contributed by atoms with E-state index in [4.69, 9.17) is 19.2 Å². The molecular weight excluding hydrogens is 568 g/mol. The summed E-state index contributed by atoms with van der Waals surface area (Å²) in [7, 11) is 3.41. The molecule has 0 saturated carbocycles. The van der Waals surface area contributed by atoms with E-state index in [2.05, 4.69) is 10.7 Å². The Kier molecular flexibility index (Phi) is 9.18. The molecule has 0 unspecified atom stereocenters. The lowest BCUT2D eigenvalue weighted by Crippen LogP contribution is -2.62. The Hall–Kier alpha value is -4.07. The maximum Gasteiger partial charge on any atom is 0.321 e. The van der Waals surface area contributed by atoms with E-state index in [1.165, 1.54) is 10.0 Å². The molecule has 1 aromatic carbocycles. The fourth-order valence-corrected chi connectivity index (χ4v) is 5.46. The standard InChI is InChI=1S/C31H40N6O7/c1-19(2)26-27(38)32-20(3)28(39)37-14-6-7-23(34-37)29(40)36(5)35(4)25-11-10-22-9-8-21(15-24(22)33-25)12-13-31(30(41)44-26)16-42-18-43-17-31/h8-13,15,19-20,23,26,34H,6-7,14,16-18H2,1-5H3,(H,32,38)/b13-12+/t20-,23-,26-/m0/s1. The molecule has 1 spiro atoms. The van der Waals surface area contributed by atoms with Gasteiger partial charge in [0.25, 0.3) is 17.7 Å². The maximum atomic E-state index is 13.7. The van der Waals surface area contributed by atoms with Crippen LogP contribution in [-0.2, 0) is 33.4 Å². The van der Waals surface area contributed by atoms with Crippen molar-refractivity contribution in [1.82, 2.24) is 25.7 Å². The lowest BCUT2D eigenvalue weighted by molar-refractivity contribution is -0.192. The number of amides is 3. The summed E-state index contributed by atoms with van der Waals surface area (Å²) < 4.78 is 16.9. The van der Waals surface area contributed by atoms with Gasteiger partial charge in [-0.25, -0.2) is 10.4 Å². The van der Waals surface area contributed by atoms with Gasteiger partial charge in [-0.05, 0) is 49.4 Å². The average Bonchev–Trinajstić information content (AvgIpc) is 3.04. The summed E-state index contributed by atoms with van der Waals surface area (Å²) in [6.45, 7) is 5.50. The van der Waals surface area contributed by atoms with E-state index in [1.807, 2.05) is 30.3 Å². The lowest BCUT2D eigenvalue weighted by Gasteiger charge is -2.38. The Morgan fingerprint density at radius 2 is 1.73 bits per heavy atom. The first-order chi connectivity index (χ1) is 21.0. The highest BCUT2D eigenvalue weighted by atomic mass is 16.7. The summed E-state index contributed by atoms with van der Waals surface area (Å²) in [6, 6.07) is 7.86. The molecular formula is C31H40N6O7. The Morgan fingerprint density at radius 1 is 1.00 bits per heavy atom. The van der Waals surface area contributed by atoms with Crippen LogP contribution in [0.5, 0.6) is 0 Å². The number of carbonyl (C=O) groups excluding carboxylic acids is 4. The van der Waals surface area contributed by atoms with Gasteiger partial charge in [-0.3, -0.25) is 34.2 Å². The summed E-state index contributed by atoms with van der Waals surface area (Å²) in [4.78, 5) is 58.8. The van der Waals surface area contributed by atoms with Crippen LogP contribution in [0, 0.1) is 11.3 Å². The van der Waals surface area contributed by atoms with Crippen LogP contribution in [0.4, 0.5) is 5.82 Å². The minimum atomic E-state index is -1.30. The van der Waals surface area contributed by atoms with Crippen molar-refractivity contribution in [3.05, 3.63) is 42.0 Å². The molecule has 2 fully saturated rings. The quantitative estimate of drug-likeness (QED) is 0.459. The molecule has 2 saturated heterocycles. The average molecular weight is 609 g/mol. The number of nitrogens with zero attached hydrogens (tertiary/aromatic N) is 4. The van der Waals surface area contributed by atoms with Gasteiger partial charge in [0, 0.05) is 26.0 Å². The van der Waals surface area contributed by atoms with Gasteiger partial charge in [-0.15, -0.1) is 0 Å². The van der Waals surface area contributed by atoms with Crippen molar-refractivity contribution in [3.63, 3.8) is 0 Å². The van der Waals surface area contributed by atoms with E-state index in [0.29, 0.717) is 30.7 Å². The number of esters is 1. The zero-order valence-electron chi connectivity index (χ0n) is 25.7. The van der Waals surface area contributed by atoms with Crippen molar-refractivity contribution in [2.75, 3.05) is 45.7 Å². The summed E-state index contributed by atoms with van der Waals surface area (Å²) in [5.41, 5.74) is 3.21. The van der Waals surface area contributed by atoms with Crippen molar-refractivity contribution >= 4 is 46.5 Å². The van der Waals surface area contributed by atoms with Crippen LogP contribution in [0.3, 0.4) is 0 Å². The van der Waals surface area contributed by atoms with Gasteiger partial charge in [0.1, 0.15) is 30.1 Å². The largest absolute Gasteiger partial charge is 0.451 e. The Bertz CT molecular complexity index is 1460. The molecule has 2 aromatic rings. The number of ether oxygens (including phenoxy) is 3. The van der Waals surface area contributed by atoms with Gasteiger partial charge in [0.2, 0.25) is 0 Å². The van der Waals surface area contributed by atoms with Crippen LogP contribution in [0.2, 0.25) is 0 Å². The Balaban J connectivity index is 1.55. The number of hydrogen-bond acceptors (Lipinski definition) is 10. The molecule has 2 N–H and O–H groups in total. The zero-order chi connectivity index (χ0) is 31.6. The second-order valence-corrected chi connectivity index (χ2v) is 11.9. The third-order valence-corrected chi connectivity index (χ3v) is 8.27. The number of fused-ring (bicyclic) bond motifs is 4. The van der Waals surface area contributed by atoms with Crippen molar-refractivity contribution < 1.29 is 33.4 Å². The molecule has 13 heteroatoms. The molecule has 5 rings (SSSR count). The normalized spacial score (nSPS) is 26.2. The molecule has 13 nitrogen and oxygen atoms in total. The number of carbonyl (C=O) groups is 4. The molecule has 0 aliphatic carbocycles. The molecule has 4 heterocycles. The fourth-order valence-electron chi connectivity index (χ4n) is 5.46. The fraction of sp³-hybridized carbons (Fsp3) is 0.516. The first-order valence-corrected chi connectivity index (χ1v) is 14.8. The molecule has 3 atom stereocenters. The minimum absolute atomic E-state index is 0.00654. The van der Waals surface area contributed by atoms with Crippen molar-refractivity contribution in [2.45, 2.75) is 51.8 Å². The number of pyridine rings is 1. The summed E-state index contributed by atoms with van der Waals surface area (Å²) in [6.07, 6.45) is 3.41. The highest BCUT2D eigenvalue weighted by Crippen LogP contribution is 2.30. The first-order valence-electron chi connectivity index (χ1n) is 14.8. The van der Waals surface area contributed by atoms with Gasteiger partial charge in [0.05, 0.1) is 18.7 Å². The van der Waals surface area contributed by atoms with Crippen LogP contribution >= 0.6 is 0 Å². The SMILES string of the molecule is CC(C)[C@@H]1OC(=O)C2(/C=C/c3ccc4ccc(nc4c3)N(C)N(C)C(=O)[C@@H]3CCCN(N3)C(=O)[C@H](C)NC1=O)COCOC2. The topological polar surface area (TPSA) is 143 Å². The van der Waals surface area contributed by atoms with Crippen molar-refractivity contribution in [2.24, 2.45) is 11.3 Å². The molecule has 0 radical (unpaired) electrons. The number of hydrogen-bond donors (Lipinski definition) is 2. The number of hydrazine groups is 2. The van der Waals surface area contributed by atoms with E-state index in [9.17, 15) is 19.2 Å². The number of cyclic esters (lactones) is 1. The second-order valence-electron chi connectivity index (χ2n) is 11.9. The van der Waals surface area contributed by atoms with Crippen LogP contribution in [-0.4, -0.2) is 97.5 Å². The summed E-state index contributed by atoms with van der Waals surface area (Å²) in [5, 5.41) is 8.10. The third kappa shape index (κ3) is 6.40. The zero-order valence-corrected chi connectivity index (χ0v) is 25.7. The molecule has 3 aliphatic heterocycles. The van der Waals surface area contributed by atoms with E-state index < -0.39 is 47.3 Å². The summed E-state index contributed by atoms with van der Waals surface area (Å²) in [5.74, 6) is -1.76. The van der Waals surface area contributed by atoms with E-state index in [1.54, 1.807) is 52.0 Å². The number of rotatable bonds is 1. The smallest absolute Gasteiger partial charge is 0.321 e. The number of benzene rings is 1. The van der Waals surface area contributed by atoms with Gasteiger partial charge in [-0.1, -0.05) is 38.1 Å². The molecule has 3 aliphatic rings. The highest BCUT2D eigenvalue weighted by molar-refractivity contribution is 5.92. The predicted octanol–water partition coefficient (Wildman–Crippen LogP) is 1.63. The van der Waals surface area contributed by atoms with Crippen LogP contribution in [0.15, 0.2) is 36.4 Å². The van der Waals surface area contributed by atoms with Gasteiger partial charge in [-0.2, -0.15) is 0 Å². The molecule has 5 bridgehead atoms. The number of likely N-dealkylation sites (N-methyl/N-ethyl adjacent to an activating group) is 1. The third-order valence-electron chi connectivity index (χ3n) is 8.27. The highest BCUT2D eigenvalue weighted by Gasteiger charge is 2.44. The molecule has 44 heavy (non-hydrogen) atoms. The van der Waals surface area contributed by atoms with Gasteiger partial charge < -0.3 is 19.5 Å². The Morgan fingerprint density at radius 3 is 2.45 bits per heavy atom.